The van der Waals surface area contributed by atoms with Crippen molar-refractivity contribution in [1.82, 2.24) is 9.21 Å². The zero-order valence-corrected chi connectivity index (χ0v) is 15.9. The first-order valence-corrected chi connectivity index (χ1v) is 10.1. The fourth-order valence-electron chi connectivity index (χ4n) is 2.98. The molecule has 0 bridgehead atoms. The van der Waals surface area contributed by atoms with E-state index in [4.69, 9.17) is 0 Å². The van der Waals surface area contributed by atoms with E-state index in [1.54, 1.807) is 24.3 Å². The molecule has 1 aliphatic heterocycles. The van der Waals surface area contributed by atoms with Crippen molar-refractivity contribution in [1.29, 1.82) is 0 Å². The summed E-state index contributed by atoms with van der Waals surface area (Å²) in [6.07, 6.45) is -4.46. The minimum absolute atomic E-state index is 0.128. The smallest absolute Gasteiger partial charge is 0.336 e. The summed E-state index contributed by atoms with van der Waals surface area (Å²) in [7, 11) is -3.64. The predicted molar refractivity (Wildman–Crippen MR) is 97.3 cm³/mol. The molecule has 9 heteroatoms. The van der Waals surface area contributed by atoms with Crippen molar-refractivity contribution < 1.29 is 26.4 Å². The molecule has 0 aromatic heterocycles. The standard InChI is InChI=1S/C19H19F3N2O3S/c1-14-2-8-17(9-3-14)28(26,27)24-12-10-23(11-13-24)18(25)15-4-6-16(7-5-15)19(20,21)22/h2-9H,10-13H2,1H3. The first-order valence-electron chi connectivity index (χ1n) is 8.62. The summed E-state index contributed by atoms with van der Waals surface area (Å²) in [6.45, 7) is 2.46. The minimum Gasteiger partial charge on any atom is -0.336 e. The number of alkyl halides is 3. The van der Waals surface area contributed by atoms with E-state index < -0.39 is 27.7 Å². The van der Waals surface area contributed by atoms with E-state index in [-0.39, 0.29) is 36.6 Å². The number of carbonyl (C=O) groups is 1. The summed E-state index contributed by atoms with van der Waals surface area (Å²) >= 11 is 0. The molecule has 2 aromatic rings. The van der Waals surface area contributed by atoms with Gasteiger partial charge in [-0.3, -0.25) is 4.79 Å². The molecule has 1 amide bonds. The highest BCUT2D eigenvalue weighted by Crippen LogP contribution is 2.29. The molecule has 2 aromatic carbocycles. The van der Waals surface area contributed by atoms with Crippen LogP contribution < -0.4 is 0 Å². The van der Waals surface area contributed by atoms with Gasteiger partial charge in [0, 0.05) is 31.7 Å². The van der Waals surface area contributed by atoms with Crippen molar-refractivity contribution in [2.75, 3.05) is 26.2 Å². The largest absolute Gasteiger partial charge is 0.416 e. The maximum Gasteiger partial charge on any atom is 0.416 e. The van der Waals surface area contributed by atoms with Crippen molar-refractivity contribution in [2.45, 2.75) is 18.0 Å². The van der Waals surface area contributed by atoms with E-state index >= 15 is 0 Å². The molecule has 0 N–H and O–H groups in total. The average molecular weight is 412 g/mol. The van der Waals surface area contributed by atoms with Gasteiger partial charge in [0.1, 0.15) is 0 Å². The maximum atomic E-state index is 12.7. The van der Waals surface area contributed by atoms with E-state index in [0.29, 0.717) is 0 Å². The number of benzene rings is 2. The van der Waals surface area contributed by atoms with Crippen LogP contribution in [0.3, 0.4) is 0 Å². The second-order valence-corrected chi connectivity index (χ2v) is 8.52. The van der Waals surface area contributed by atoms with Crippen molar-refractivity contribution in [3.8, 4) is 0 Å². The van der Waals surface area contributed by atoms with Crippen molar-refractivity contribution in [2.24, 2.45) is 0 Å². The van der Waals surface area contributed by atoms with Crippen LogP contribution in [-0.4, -0.2) is 49.7 Å². The van der Waals surface area contributed by atoms with Gasteiger partial charge < -0.3 is 4.90 Å². The Labute approximate surface area is 161 Å². The molecule has 1 fully saturated rings. The molecule has 28 heavy (non-hydrogen) atoms. The number of piperazine rings is 1. The van der Waals surface area contributed by atoms with Crippen LogP contribution in [0.25, 0.3) is 0 Å². The van der Waals surface area contributed by atoms with E-state index in [1.165, 1.54) is 9.21 Å². The summed E-state index contributed by atoms with van der Waals surface area (Å²) < 4.78 is 64.6. The molecule has 0 spiro atoms. The highest BCUT2D eigenvalue weighted by molar-refractivity contribution is 7.89. The van der Waals surface area contributed by atoms with Gasteiger partial charge >= 0.3 is 6.18 Å². The second-order valence-electron chi connectivity index (χ2n) is 6.58. The lowest BCUT2D eigenvalue weighted by atomic mass is 10.1. The number of aryl methyl sites for hydroxylation is 1. The Kier molecular flexibility index (Phi) is 5.49. The molecule has 1 aliphatic rings. The second kappa shape index (κ2) is 7.56. The Balaban J connectivity index is 1.66. The van der Waals surface area contributed by atoms with Gasteiger partial charge in [-0.15, -0.1) is 0 Å². The topological polar surface area (TPSA) is 57.7 Å². The van der Waals surface area contributed by atoms with Crippen LogP contribution >= 0.6 is 0 Å². The number of sulfonamides is 1. The number of hydrogen-bond donors (Lipinski definition) is 0. The third-order valence-electron chi connectivity index (χ3n) is 4.64. The fraction of sp³-hybridized carbons (Fsp3) is 0.316. The Morgan fingerprint density at radius 3 is 1.93 bits per heavy atom. The highest BCUT2D eigenvalue weighted by Gasteiger charge is 2.32. The SMILES string of the molecule is Cc1ccc(S(=O)(=O)N2CCN(C(=O)c3ccc(C(F)(F)F)cc3)CC2)cc1. The lowest BCUT2D eigenvalue weighted by Gasteiger charge is -2.34. The molecule has 0 atom stereocenters. The van der Waals surface area contributed by atoms with Crippen molar-refractivity contribution >= 4 is 15.9 Å². The summed E-state index contributed by atoms with van der Waals surface area (Å²) in [4.78, 5) is 14.1. The van der Waals surface area contributed by atoms with Gasteiger partial charge in [-0.2, -0.15) is 17.5 Å². The lowest BCUT2D eigenvalue weighted by molar-refractivity contribution is -0.137. The Hall–Kier alpha value is -2.39. The number of rotatable bonds is 3. The lowest BCUT2D eigenvalue weighted by Crippen LogP contribution is -2.50. The minimum atomic E-state index is -4.46. The molecule has 150 valence electrons. The molecule has 0 unspecified atom stereocenters. The Morgan fingerprint density at radius 1 is 0.893 bits per heavy atom. The molecule has 0 radical (unpaired) electrons. The molecule has 1 saturated heterocycles. The average Bonchev–Trinajstić information content (AvgIpc) is 2.67. The third-order valence-corrected chi connectivity index (χ3v) is 6.56. The predicted octanol–water partition coefficient (Wildman–Crippen LogP) is 3.16. The Bertz CT molecular complexity index is 947. The van der Waals surface area contributed by atoms with Crippen LogP contribution in [0, 0.1) is 6.92 Å². The fourth-order valence-corrected chi connectivity index (χ4v) is 4.40. The molecule has 5 nitrogen and oxygen atoms in total. The van der Waals surface area contributed by atoms with Crippen LogP contribution in [0.5, 0.6) is 0 Å². The molecular formula is C19H19F3N2O3S. The first kappa shape index (κ1) is 20.3. The number of amides is 1. The highest BCUT2D eigenvalue weighted by atomic mass is 32.2. The van der Waals surface area contributed by atoms with Crippen molar-refractivity contribution in [3.63, 3.8) is 0 Å². The molecule has 0 aliphatic carbocycles. The zero-order valence-electron chi connectivity index (χ0n) is 15.1. The van der Waals surface area contributed by atoms with Crippen LogP contribution in [-0.2, 0) is 16.2 Å². The van der Waals surface area contributed by atoms with Gasteiger partial charge in [0.25, 0.3) is 5.91 Å². The quantitative estimate of drug-likeness (QED) is 0.778. The van der Waals surface area contributed by atoms with Crippen LogP contribution in [0.4, 0.5) is 13.2 Å². The van der Waals surface area contributed by atoms with Gasteiger partial charge in [-0.05, 0) is 43.3 Å². The number of hydrogen-bond acceptors (Lipinski definition) is 3. The van der Waals surface area contributed by atoms with Gasteiger partial charge in [-0.25, -0.2) is 8.42 Å². The van der Waals surface area contributed by atoms with E-state index in [1.807, 2.05) is 6.92 Å². The number of carbonyl (C=O) groups excluding carboxylic acids is 1. The molecule has 1 heterocycles. The van der Waals surface area contributed by atoms with Gasteiger partial charge in [-0.1, -0.05) is 17.7 Å². The van der Waals surface area contributed by atoms with Crippen molar-refractivity contribution in [3.05, 3.63) is 65.2 Å². The molecule has 0 saturated carbocycles. The number of halogens is 3. The summed E-state index contributed by atoms with van der Waals surface area (Å²) in [5.74, 6) is -0.416. The van der Waals surface area contributed by atoms with E-state index in [0.717, 1.165) is 29.8 Å². The van der Waals surface area contributed by atoms with E-state index in [9.17, 15) is 26.4 Å². The summed E-state index contributed by atoms with van der Waals surface area (Å²) in [6, 6.07) is 10.5. The molecule has 3 rings (SSSR count). The zero-order chi connectivity index (χ0) is 20.5. The monoisotopic (exact) mass is 412 g/mol. The molecular weight excluding hydrogens is 393 g/mol. The summed E-state index contributed by atoms with van der Waals surface area (Å²) in [5.41, 5.74) is 0.270. The first-order chi connectivity index (χ1) is 13.1. The maximum absolute atomic E-state index is 12.7. The van der Waals surface area contributed by atoms with Crippen LogP contribution in [0.1, 0.15) is 21.5 Å². The van der Waals surface area contributed by atoms with Crippen LogP contribution in [0.2, 0.25) is 0 Å². The van der Waals surface area contributed by atoms with Gasteiger partial charge in [0.15, 0.2) is 0 Å². The van der Waals surface area contributed by atoms with Crippen LogP contribution in [0.15, 0.2) is 53.4 Å². The summed E-state index contributed by atoms with van der Waals surface area (Å²) in [5, 5.41) is 0. The van der Waals surface area contributed by atoms with E-state index in [2.05, 4.69) is 0 Å². The number of nitrogens with zero attached hydrogens (tertiary/aromatic N) is 2. The van der Waals surface area contributed by atoms with Gasteiger partial charge in [0.05, 0.1) is 10.5 Å². The third kappa shape index (κ3) is 4.20. The Morgan fingerprint density at radius 2 is 1.43 bits per heavy atom. The van der Waals surface area contributed by atoms with Gasteiger partial charge in [0.2, 0.25) is 10.0 Å². The normalized spacial score (nSPS) is 16.2.